The molecule has 2 atom stereocenters. The predicted molar refractivity (Wildman–Crippen MR) is 80.2 cm³/mol. The number of nitrogens with zero attached hydrogens (tertiary/aromatic N) is 2. The molecule has 2 rings (SSSR count). The topological polar surface area (TPSA) is 62.3 Å². The van der Waals surface area contributed by atoms with Gasteiger partial charge < -0.3 is 5.32 Å². The number of nitrogens with one attached hydrogen (secondary N) is 1. The third-order valence-corrected chi connectivity index (χ3v) is 5.78. The number of pyridine rings is 1. The van der Waals surface area contributed by atoms with Crippen LogP contribution in [0.2, 0.25) is 0 Å². The van der Waals surface area contributed by atoms with Gasteiger partial charge in [0.05, 0.1) is 4.90 Å². The molecule has 1 N–H and O–H groups in total. The van der Waals surface area contributed by atoms with E-state index in [4.69, 9.17) is 0 Å². The molecule has 0 radical (unpaired) electrons. The Labute approximate surface area is 121 Å². The Kier molecular flexibility index (Phi) is 4.65. The van der Waals surface area contributed by atoms with E-state index >= 15 is 0 Å². The van der Waals surface area contributed by atoms with Crippen LogP contribution in [0.4, 0.5) is 5.82 Å². The first-order valence-electron chi connectivity index (χ1n) is 7.17. The monoisotopic (exact) mass is 297 g/mol. The number of sulfonamides is 1. The lowest BCUT2D eigenvalue weighted by Crippen LogP contribution is -2.44. The third-order valence-electron chi connectivity index (χ3n) is 3.77. The van der Waals surface area contributed by atoms with Gasteiger partial charge in [-0.25, -0.2) is 13.4 Å². The van der Waals surface area contributed by atoms with Crippen molar-refractivity contribution in [3.8, 4) is 0 Å². The number of piperidine rings is 1. The summed E-state index contributed by atoms with van der Waals surface area (Å²) in [7, 11) is -3.42. The maximum Gasteiger partial charge on any atom is 0.243 e. The second kappa shape index (κ2) is 6.10. The molecule has 1 aromatic rings. The van der Waals surface area contributed by atoms with Crippen LogP contribution in [0.15, 0.2) is 23.2 Å². The van der Waals surface area contributed by atoms with Crippen LogP contribution in [0.5, 0.6) is 0 Å². The lowest BCUT2D eigenvalue weighted by atomic mass is 9.95. The van der Waals surface area contributed by atoms with Crippen molar-refractivity contribution in [2.24, 2.45) is 5.92 Å². The quantitative estimate of drug-likeness (QED) is 0.926. The van der Waals surface area contributed by atoms with E-state index in [1.807, 2.05) is 13.8 Å². The summed E-state index contributed by atoms with van der Waals surface area (Å²) in [6.45, 7) is 7.43. The molecule has 1 fully saturated rings. The zero-order chi connectivity index (χ0) is 14.8. The minimum atomic E-state index is -3.42. The first kappa shape index (κ1) is 15.3. The lowest BCUT2D eigenvalue weighted by Gasteiger charge is -2.35. The molecule has 2 unspecified atom stereocenters. The lowest BCUT2D eigenvalue weighted by molar-refractivity contribution is 0.220. The molecule has 0 amide bonds. The summed E-state index contributed by atoms with van der Waals surface area (Å²) < 4.78 is 27.1. The summed E-state index contributed by atoms with van der Waals surface area (Å²) in [6, 6.07) is 3.24. The van der Waals surface area contributed by atoms with Gasteiger partial charge >= 0.3 is 0 Å². The van der Waals surface area contributed by atoms with Crippen molar-refractivity contribution in [2.75, 3.05) is 18.4 Å². The zero-order valence-corrected chi connectivity index (χ0v) is 13.2. The van der Waals surface area contributed by atoms with Crippen LogP contribution in [-0.2, 0) is 10.0 Å². The predicted octanol–water partition coefficient (Wildman–Crippen LogP) is 2.32. The van der Waals surface area contributed by atoms with Gasteiger partial charge in [0.1, 0.15) is 5.82 Å². The van der Waals surface area contributed by atoms with E-state index in [2.05, 4.69) is 17.2 Å². The number of rotatable bonds is 4. The molecule has 20 heavy (non-hydrogen) atoms. The molecule has 1 aliphatic rings. The van der Waals surface area contributed by atoms with E-state index in [1.54, 1.807) is 22.6 Å². The number of hydrogen-bond donors (Lipinski definition) is 1. The Balaban J connectivity index is 2.28. The fourth-order valence-corrected chi connectivity index (χ4v) is 4.40. The van der Waals surface area contributed by atoms with Gasteiger partial charge in [-0.05, 0) is 38.7 Å². The van der Waals surface area contributed by atoms with E-state index in [0.29, 0.717) is 29.7 Å². The maximum atomic E-state index is 12.7. The van der Waals surface area contributed by atoms with Crippen molar-refractivity contribution < 1.29 is 8.42 Å². The smallest absolute Gasteiger partial charge is 0.243 e. The first-order valence-corrected chi connectivity index (χ1v) is 8.61. The van der Waals surface area contributed by atoms with Crippen LogP contribution >= 0.6 is 0 Å². The maximum absolute atomic E-state index is 12.7. The summed E-state index contributed by atoms with van der Waals surface area (Å²) >= 11 is 0. The Morgan fingerprint density at radius 2 is 2.20 bits per heavy atom. The van der Waals surface area contributed by atoms with E-state index < -0.39 is 10.0 Å². The van der Waals surface area contributed by atoms with Crippen molar-refractivity contribution in [3.05, 3.63) is 18.3 Å². The van der Waals surface area contributed by atoms with Gasteiger partial charge in [0.15, 0.2) is 0 Å². The highest BCUT2D eigenvalue weighted by atomic mass is 32.2. The van der Waals surface area contributed by atoms with Gasteiger partial charge in [-0.1, -0.05) is 6.92 Å². The summed E-state index contributed by atoms with van der Waals surface area (Å²) in [4.78, 5) is 4.45. The van der Waals surface area contributed by atoms with E-state index in [0.717, 1.165) is 12.8 Å². The van der Waals surface area contributed by atoms with Crippen LogP contribution < -0.4 is 5.32 Å². The molecule has 6 heteroatoms. The summed E-state index contributed by atoms with van der Waals surface area (Å²) in [5, 5.41) is 3.05. The molecule has 2 heterocycles. The van der Waals surface area contributed by atoms with Gasteiger partial charge in [-0.2, -0.15) is 4.31 Å². The van der Waals surface area contributed by atoms with Crippen LogP contribution in [0.1, 0.15) is 33.6 Å². The van der Waals surface area contributed by atoms with Gasteiger partial charge in [0, 0.05) is 31.4 Å². The average Bonchev–Trinajstić information content (AvgIpc) is 2.39. The van der Waals surface area contributed by atoms with Gasteiger partial charge in [0.2, 0.25) is 10.0 Å². The minimum Gasteiger partial charge on any atom is -0.370 e. The second-order valence-corrected chi connectivity index (χ2v) is 7.39. The molecule has 112 valence electrons. The highest BCUT2D eigenvalue weighted by molar-refractivity contribution is 7.89. The molecule has 0 saturated carbocycles. The van der Waals surface area contributed by atoms with E-state index in [9.17, 15) is 8.42 Å². The fourth-order valence-electron chi connectivity index (χ4n) is 2.73. The van der Waals surface area contributed by atoms with Gasteiger partial charge in [-0.3, -0.25) is 0 Å². The molecular formula is C14H23N3O2S. The van der Waals surface area contributed by atoms with Crippen molar-refractivity contribution in [2.45, 2.75) is 44.6 Å². The average molecular weight is 297 g/mol. The van der Waals surface area contributed by atoms with Crippen LogP contribution in [0.25, 0.3) is 0 Å². The molecule has 0 bridgehead atoms. The van der Waals surface area contributed by atoms with Crippen LogP contribution in [0, 0.1) is 5.92 Å². The van der Waals surface area contributed by atoms with E-state index in [1.165, 1.54) is 0 Å². The fraction of sp³-hybridized carbons (Fsp3) is 0.643. The van der Waals surface area contributed by atoms with Crippen molar-refractivity contribution in [1.82, 2.24) is 9.29 Å². The summed E-state index contributed by atoms with van der Waals surface area (Å²) in [6.07, 6.45) is 3.39. The Hall–Kier alpha value is -1.14. The van der Waals surface area contributed by atoms with E-state index in [-0.39, 0.29) is 6.04 Å². The Bertz CT molecular complexity index is 559. The molecule has 0 aromatic carbocycles. The van der Waals surface area contributed by atoms with Gasteiger partial charge in [0.25, 0.3) is 0 Å². The number of hydrogen-bond acceptors (Lipinski definition) is 4. The molecule has 0 spiro atoms. The number of aromatic nitrogens is 1. The normalized spacial score (nSPS) is 24.6. The van der Waals surface area contributed by atoms with Crippen molar-refractivity contribution >= 4 is 15.8 Å². The van der Waals surface area contributed by atoms with Crippen molar-refractivity contribution in [3.63, 3.8) is 0 Å². The molecule has 1 aliphatic heterocycles. The molecule has 0 aliphatic carbocycles. The summed E-state index contributed by atoms with van der Waals surface area (Å²) in [5.74, 6) is 1.19. The minimum absolute atomic E-state index is 0.0551. The largest absolute Gasteiger partial charge is 0.370 e. The van der Waals surface area contributed by atoms with Crippen molar-refractivity contribution in [1.29, 1.82) is 0 Å². The first-order chi connectivity index (χ1) is 9.45. The highest BCUT2D eigenvalue weighted by Gasteiger charge is 2.33. The van der Waals surface area contributed by atoms with Crippen LogP contribution in [0.3, 0.4) is 0 Å². The molecule has 5 nitrogen and oxygen atoms in total. The zero-order valence-electron chi connectivity index (χ0n) is 12.3. The summed E-state index contributed by atoms with van der Waals surface area (Å²) in [5.41, 5.74) is 0. The number of anilines is 1. The third kappa shape index (κ3) is 3.12. The van der Waals surface area contributed by atoms with Crippen LogP contribution in [-0.4, -0.2) is 36.8 Å². The highest BCUT2D eigenvalue weighted by Crippen LogP contribution is 2.28. The SMILES string of the molecule is CCNc1cc(S(=O)(=O)N2CCC(C)CC2C)ccn1. The Morgan fingerprint density at radius 3 is 2.85 bits per heavy atom. The Morgan fingerprint density at radius 1 is 1.45 bits per heavy atom. The molecule has 1 saturated heterocycles. The molecule has 1 aromatic heterocycles. The second-order valence-electron chi connectivity index (χ2n) is 5.50. The van der Waals surface area contributed by atoms with Gasteiger partial charge in [-0.15, -0.1) is 0 Å². The molecular weight excluding hydrogens is 274 g/mol. The standard InChI is InChI=1S/C14H23N3O2S/c1-4-15-14-10-13(5-7-16-14)20(18,19)17-8-6-11(2)9-12(17)3/h5,7,10-12H,4,6,8-9H2,1-3H3,(H,15,16).